The van der Waals surface area contributed by atoms with Gasteiger partial charge >= 0.3 is 0 Å². The lowest BCUT2D eigenvalue weighted by molar-refractivity contribution is 0.169. The zero-order valence-electron chi connectivity index (χ0n) is 13.2. The summed E-state index contributed by atoms with van der Waals surface area (Å²) in [6.45, 7) is 8.86. The zero-order chi connectivity index (χ0) is 15.2. The summed E-state index contributed by atoms with van der Waals surface area (Å²) in [5, 5.41) is 12.8. The maximum atomic E-state index is 9.40. The Morgan fingerprint density at radius 1 is 1.30 bits per heavy atom. The lowest BCUT2D eigenvalue weighted by Crippen LogP contribution is -2.44. The summed E-state index contributed by atoms with van der Waals surface area (Å²) in [5.74, 6) is 1.49. The fourth-order valence-corrected chi connectivity index (χ4v) is 1.78. The van der Waals surface area contributed by atoms with Crippen molar-refractivity contribution in [2.45, 2.75) is 52.3 Å². The molecule has 0 radical (unpaired) electrons. The molecule has 1 rings (SSSR count). The van der Waals surface area contributed by atoms with E-state index >= 15 is 0 Å². The number of hydrogen-bond acceptors (Lipinski definition) is 4. The predicted molar refractivity (Wildman–Crippen MR) is 81.4 cm³/mol. The van der Waals surface area contributed by atoms with Crippen molar-refractivity contribution in [3.8, 4) is 11.5 Å². The number of rotatable bonds is 8. The Balaban J connectivity index is 2.78. The lowest BCUT2D eigenvalue weighted by atomic mass is 10.00. The van der Waals surface area contributed by atoms with Crippen LogP contribution in [-0.2, 0) is 6.54 Å². The third-order valence-electron chi connectivity index (χ3n) is 3.44. The highest BCUT2D eigenvalue weighted by Gasteiger charge is 2.19. The lowest BCUT2D eigenvalue weighted by Gasteiger charge is -2.27. The minimum Gasteiger partial charge on any atom is -0.493 e. The average Bonchev–Trinajstić information content (AvgIpc) is 2.45. The van der Waals surface area contributed by atoms with Crippen molar-refractivity contribution in [3.05, 3.63) is 23.8 Å². The molecule has 1 atom stereocenters. The van der Waals surface area contributed by atoms with Gasteiger partial charge in [0.1, 0.15) is 0 Å². The van der Waals surface area contributed by atoms with E-state index in [1.54, 1.807) is 7.11 Å². The Bertz CT molecular complexity index is 414. The van der Waals surface area contributed by atoms with Crippen LogP contribution in [0.2, 0.25) is 0 Å². The minimum absolute atomic E-state index is 0.116. The number of methoxy groups -OCH3 is 1. The average molecular weight is 281 g/mol. The molecule has 114 valence electrons. The third-order valence-corrected chi connectivity index (χ3v) is 3.44. The largest absolute Gasteiger partial charge is 0.493 e. The summed E-state index contributed by atoms with van der Waals surface area (Å²) in [7, 11) is 1.64. The molecule has 4 heteroatoms. The van der Waals surface area contributed by atoms with Crippen molar-refractivity contribution in [1.82, 2.24) is 5.32 Å². The van der Waals surface area contributed by atoms with Crippen LogP contribution < -0.4 is 14.8 Å². The van der Waals surface area contributed by atoms with E-state index in [1.165, 1.54) is 0 Å². The third kappa shape index (κ3) is 4.69. The van der Waals surface area contributed by atoms with Gasteiger partial charge in [-0.3, -0.25) is 0 Å². The van der Waals surface area contributed by atoms with Crippen molar-refractivity contribution in [3.63, 3.8) is 0 Å². The molecule has 0 aromatic heterocycles. The molecule has 0 heterocycles. The molecule has 0 amide bonds. The number of hydrogen-bond donors (Lipinski definition) is 2. The molecule has 2 N–H and O–H groups in total. The Labute approximate surface area is 122 Å². The Morgan fingerprint density at radius 2 is 2.00 bits per heavy atom. The first-order valence-corrected chi connectivity index (χ1v) is 7.13. The van der Waals surface area contributed by atoms with Crippen LogP contribution in [0, 0.1) is 0 Å². The highest BCUT2D eigenvalue weighted by Crippen LogP contribution is 2.29. The molecule has 1 aromatic rings. The number of benzene rings is 1. The maximum Gasteiger partial charge on any atom is 0.161 e. The molecule has 0 aliphatic heterocycles. The quantitative estimate of drug-likeness (QED) is 0.769. The second-order valence-corrected chi connectivity index (χ2v) is 5.58. The monoisotopic (exact) mass is 281 g/mol. The van der Waals surface area contributed by atoms with Gasteiger partial charge in [-0.2, -0.15) is 0 Å². The van der Waals surface area contributed by atoms with E-state index in [1.807, 2.05) is 39.0 Å². The molecule has 0 spiro atoms. The first-order chi connectivity index (χ1) is 9.44. The molecule has 0 aliphatic carbocycles. The molecule has 1 aromatic carbocycles. The number of aliphatic hydroxyl groups excluding tert-OH is 1. The molecule has 4 nitrogen and oxygen atoms in total. The summed E-state index contributed by atoms with van der Waals surface area (Å²) in [6.07, 6.45) is 0.987. The maximum absolute atomic E-state index is 9.40. The van der Waals surface area contributed by atoms with Crippen LogP contribution in [0.1, 0.15) is 39.7 Å². The Kier molecular flexibility index (Phi) is 6.30. The van der Waals surface area contributed by atoms with Gasteiger partial charge in [-0.1, -0.05) is 13.0 Å². The van der Waals surface area contributed by atoms with Crippen LogP contribution in [0.25, 0.3) is 0 Å². The molecule has 0 fully saturated rings. The Hall–Kier alpha value is -1.26. The SMILES string of the molecule is CC[C@@](C)(CO)NCc1ccc(OC(C)C)c(OC)c1. The number of aliphatic hydroxyl groups is 1. The van der Waals surface area contributed by atoms with Crippen LogP contribution in [0.4, 0.5) is 0 Å². The fourth-order valence-electron chi connectivity index (χ4n) is 1.78. The van der Waals surface area contributed by atoms with Gasteiger partial charge in [-0.15, -0.1) is 0 Å². The standard InChI is InChI=1S/C16H27NO3/c1-6-16(4,11-18)17-10-13-7-8-14(20-12(2)3)15(9-13)19-5/h7-9,12,17-18H,6,10-11H2,1-5H3/t16-/m0/s1. The topological polar surface area (TPSA) is 50.7 Å². The van der Waals surface area contributed by atoms with E-state index < -0.39 is 0 Å². The normalized spacial score (nSPS) is 14.2. The summed E-state index contributed by atoms with van der Waals surface area (Å²) in [5.41, 5.74) is 0.853. The summed E-state index contributed by atoms with van der Waals surface area (Å²) < 4.78 is 11.1. The molecule has 0 aliphatic rings. The highest BCUT2D eigenvalue weighted by molar-refractivity contribution is 5.43. The van der Waals surface area contributed by atoms with E-state index in [9.17, 15) is 5.11 Å². The second-order valence-electron chi connectivity index (χ2n) is 5.58. The van der Waals surface area contributed by atoms with E-state index in [-0.39, 0.29) is 18.2 Å². The van der Waals surface area contributed by atoms with Crippen LogP contribution in [-0.4, -0.2) is 30.5 Å². The zero-order valence-corrected chi connectivity index (χ0v) is 13.2. The van der Waals surface area contributed by atoms with Gasteiger partial charge < -0.3 is 19.9 Å². The Morgan fingerprint density at radius 3 is 2.50 bits per heavy atom. The van der Waals surface area contributed by atoms with Crippen molar-refractivity contribution < 1.29 is 14.6 Å². The first kappa shape index (κ1) is 16.8. The van der Waals surface area contributed by atoms with E-state index in [0.717, 1.165) is 23.5 Å². The minimum atomic E-state index is -0.250. The van der Waals surface area contributed by atoms with Crippen molar-refractivity contribution in [2.75, 3.05) is 13.7 Å². The first-order valence-electron chi connectivity index (χ1n) is 7.13. The molecular formula is C16H27NO3. The van der Waals surface area contributed by atoms with Gasteiger partial charge in [0.25, 0.3) is 0 Å². The smallest absolute Gasteiger partial charge is 0.161 e. The van der Waals surface area contributed by atoms with Crippen molar-refractivity contribution in [2.24, 2.45) is 0 Å². The number of nitrogens with one attached hydrogen (secondary N) is 1. The molecule has 0 bridgehead atoms. The second kappa shape index (κ2) is 7.50. The van der Waals surface area contributed by atoms with Gasteiger partial charge in [0.05, 0.1) is 19.8 Å². The summed E-state index contributed by atoms with van der Waals surface area (Å²) in [6, 6.07) is 5.91. The van der Waals surface area contributed by atoms with Crippen LogP contribution in [0.3, 0.4) is 0 Å². The van der Waals surface area contributed by atoms with Crippen LogP contribution in [0.5, 0.6) is 11.5 Å². The van der Waals surface area contributed by atoms with Gasteiger partial charge in [-0.05, 0) is 44.9 Å². The van der Waals surface area contributed by atoms with E-state index in [2.05, 4.69) is 12.2 Å². The molecule has 20 heavy (non-hydrogen) atoms. The van der Waals surface area contributed by atoms with Gasteiger partial charge in [0.15, 0.2) is 11.5 Å². The fraction of sp³-hybridized carbons (Fsp3) is 0.625. The van der Waals surface area contributed by atoms with Crippen LogP contribution in [0.15, 0.2) is 18.2 Å². The molecule has 0 unspecified atom stereocenters. The summed E-state index contributed by atoms with van der Waals surface area (Å²) in [4.78, 5) is 0. The van der Waals surface area contributed by atoms with Gasteiger partial charge in [0, 0.05) is 12.1 Å². The number of ether oxygens (including phenoxy) is 2. The molecule has 0 saturated carbocycles. The molecule has 0 saturated heterocycles. The molecular weight excluding hydrogens is 254 g/mol. The highest BCUT2D eigenvalue weighted by atomic mass is 16.5. The van der Waals surface area contributed by atoms with E-state index in [4.69, 9.17) is 9.47 Å². The van der Waals surface area contributed by atoms with Crippen molar-refractivity contribution in [1.29, 1.82) is 0 Å². The van der Waals surface area contributed by atoms with Gasteiger partial charge in [0.2, 0.25) is 0 Å². The van der Waals surface area contributed by atoms with E-state index in [0.29, 0.717) is 6.54 Å². The predicted octanol–water partition coefficient (Wildman–Crippen LogP) is 2.73. The van der Waals surface area contributed by atoms with Crippen molar-refractivity contribution >= 4 is 0 Å². The van der Waals surface area contributed by atoms with Gasteiger partial charge in [-0.25, -0.2) is 0 Å². The summed E-state index contributed by atoms with van der Waals surface area (Å²) >= 11 is 0. The van der Waals surface area contributed by atoms with Crippen LogP contribution >= 0.6 is 0 Å².